The van der Waals surface area contributed by atoms with Gasteiger partial charge >= 0.3 is 0 Å². The summed E-state index contributed by atoms with van der Waals surface area (Å²) in [6.07, 6.45) is 8.52. The van der Waals surface area contributed by atoms with Crippen LogP contribution in [0.2, 0.25) is 0 Å². The number of nitrogens with one attached hydrogen (secondary N) is 1. The van der Waals surface area contributed by atoms with Gasteiger partial charge in [0.2, 0.25) is 0 Å². The first-order valence-corrected chi connectivity index (χ1v) is 8.25. The summed E-state index contributed by atoms with van der Waals surface area (Å²) < 4.78 is 12.2. The molecule has 2 aliphatic carbocycles. The van der Waals surface area contributed by atoms with Crippen LogP contribution in [-0.2, 0) is 9.47 Å². The lowest BCUT2D eigenvalue weighted by Crippen LogP contribution is -2.61. The van der Waals surface area contributed by atoms with Crippen molar-refractivity contribution < 1.29 is 9.47 Å². The van der Waals surface area contributed by atoms with Crippen LogP contribution in [0.4, 0.5) is 0 Å². The second-order valence-electron chi connectivity index (χ2n) is 6.27. The molecule has 2 rings (SSSR count). The van der Waals surface area contributed by atoms with E-state index in [4.69, 9.17) is 9.47 Å². The van der Waals surface area contributed by atoms with Gasteiger partial charge in [0.15, 0.2) is 0 Å². The molecule has 3 nitrogen and oxygen atoms in total. The van der Waals surface area contributed by atoms with Gasteiger partial charge in [-0.2, -0.15) is 0 Å². The zero-order valence-electron chi connectivity index (χ0n) is 12.9. The van der Waals surface area contributed by atoms with E-state index < -0.39 is 0 Å². The molecule has 0 spiro atoms. The minimum atomic E-state index is 0.274. The Morgan fingerprint density at radius 1 is 1.11 bits per heavy atom. The second kappa shape index (κ2) is 7.61. The summed E-state index contributed by atoms with van der Waals surface area (Å²) in [4.78, 5) is 0. The van der Waals surface area contributed by atoms with E-state index in [-0.39, 0.29) is 6.10 Å². The number of hydrogen-bond donors (Lipinski definition) is 1. The maximum Gasteiger partial charge on any atom is 0.0990 e. The van der Waals surface area contributed by atoms with Crippen molar-refractivity contribution in [2.24, 2.45) is 5.92 Å². The third-order valence-electron chi connectivity index (χ3n) is 4.60. The molecule has 0 amide bonds. The molecule has 0 saturated heterocycles. The third-order valence-corrected chi connectivity index (χ3v) is 4.60. The van der Waals surface area contributed by atoms with Gasteiger partial charge in [0.25, 0.3) is 0 Å². The first kappa shape index (κ1) is 15.3. The van der Waals surface area contributed by atoms with Crippen LogP contribution in [-0.4, -0.2) is 37.5 Å². The summed E-state index contributed by atoms with van der Waals surface area (Å²) in [5, 5.41) is 3.57. The van der Waals surface area contributed by atoms with Crippen molar-refractivity contribution in [2.45, 2.75) is 83.6 Å². The lowest BCUT2D eigenvalue weighted by molar-refractivity contribution is -0.172. The van der Waals surface area contributed by atoms with E-state index >= 15 is 0 Å². The van der Waals surface area contributed by atoms with Crippen molar-refractivity contribution in [3.05, 3.63) is 0 Å². The van der Waals surface area contributed by atoms with Crippen LogP contribution in [0.1, 0.15) is 59.3 Å². The summed E-state index contributed by atoms with van der Waals surface area (Å²) in [6.45, 7) is 8.51. The Morgan fingerprint density at radius 3 is 2.47 bits per heavy atom. The maximum atomic E-state index is 6.29. The van der Waals surface area contributed by atoms with Gasteiger partial charge < -0.3 is 14.8 Å². The monoisotopic (exact) mass is 269 g/mol. The van der Waals surface area contributed by atoms with Gasteiger partial charge in [0.1, 0.15) is 0 Å². The Bertz CT molecular complexity index is 251. The van der Waals surface area contributed by atoms with Gasteiger partial charge in [-0.1, -0.05) is 13.8 Å². The van der Waals surface area contributed by atoms with Crippen LogP contribution in [0.25, 0.3) is 0 Å². The highest BCUT2D eigenvalue weighted by Crippen LogP contribution is 2.33. The van der Waals surface area contributed by atoms with Crippen molar-refractivity contribution in [3.8, 4) is 0 Å². The van der Waals surface area contributed by atoms with E-state index in [1.165, 1.54) is 32.1 Å². The van der Waals surface area contributed by atoms with Crippen LogP contribution in [0.5, 0.6) is 0 Å². The molecular weight excluding hydrogens is 238 g/mol. The molecule has 3 heteroatoms. The summed E-state index contributed by atoms with van der Waals surface area (Å²) in [6, 6.07) is 0.507. The van der Waals surface area contributed by atoms with Crippen molar-refractivity contribution in [2.75, 3.05) is 13.2 Å². The van der Waals surface area contributed by atoms with Gasteiger partial charge in [0, 0.05) is 12.6 Å². The average Bonchev–Trinajstić information content (AvgIpc) is 2.41. The molecule has 0 aliphatic heterocycles. The standard InChI is InChI=1S/C16H31NO2/c1-4-10-17-14-11-15(16(14)18-5-2)19-13-8-6-12(3)7-9-13/h12-17H,4-11H2,1-3H3. The van der Waals surface area contributed by atoms with Crippen molar-refractivity contribution in [1.29, 1.82) is 0 Å². The van der Waals surface area contributed by atoms with Crippen molar-refractivity contribution in [1.82, 2.24) is 5.32 Å². The van der Waals surface area contributed by atoms with Crippen molar-refractivity contribution in [3.63, 3.8) is 0 Å². The van der Waals surface area contributed by atoms with Gasteiger partial charge in [-0.05, 0) is 57.9 Å². The molecule has 0 radical (unpaired) electrons. The van der Waals surface area contributed by atoms with E-state index in [0.717, 1.165) is 25.5 Å². The number of hydrogen-bond acceptors (Lipinski definition) is 3. The molecule has 3 unspecified atom stereocenters. The van der Waals surface area contributed by atoms with Gasteiger partial charge in [-0.25, -0.2) is 0 Å². The first-order chi connectivity index (χ1) is 9.24. The zero-order valence-corrected chi connectivity index (χ0v) is 12.9. The quantitative estimate of drug-likeness (QED) is 0.770. The maximum absolute atomic E-state index is 6.29. The molecule has 2 saturated carbocycles. The molecule has 3 atom stereocenters. The minimum Gasteiger partial charge on any atom is -0.374 e. The second-order valence-corrected chi connectivity index (χ2v) is 6.27. The topological polar surface area (TPSA) is 30.5 Å². The molecule has 0 aromatic rings. The summed E-state index contributed by atoms with van der Waals surface area (Å²) >= 11 is 0. The Balaban J connectivity index is 1.74. The summed E-state index contributed by atoms with van der Waals surface area (Å²) in [7, 11) is 0. The van der Waals surface area contributed by atoms with Crippen molar-refractivity contribution >= 4 is 0 Å². The van der Waals surface area contributed by atoms with E-state index in [9.17, 15) is 0 Å². The average molecular weight is 269 g/mol. The Hall–Kier alpha value is -0.120. The molecule has 19 heavy (non-hydrogen) atoms. The molecule has 1 N–H and O–H groups in total. The van der Waals surface area contributed by atoms with Gasteiger partial charge in [-0.3, -0.25) is 0 Å². The molecule has 2 aliphatic rings. The molecule has 0 aromatic heterocycles. The van der Waals surface area contributed by atoms with Crippen LogP contribution in [0, 0.1) is 5.92 Å². The predicted octanol–water partition coefficient (Wildman–Crippen LogP) is 3.13. The minimum absolute atomic E-state index is 0.274. The van der Waals surface area contributed by atoms with E-state index in [0.29, 0.717) is 18.2 Å². The fourth-order valence-corrected chi connectivity index (χ4v) is 3.27. The van der Waals surface area contributed by atoms with Gasteiger partial charge in [-0.15, -0.1) is 0 Å². The third kappa shape index (κ3) is 4.17. The Kier molecular flexibility index (Phi) is 6.11. The van der Waals surface area contributed by atoms with Crippen LogP contribution in [0.15, 0.2) is 0 Å². The molecule has 0 bridgehead atoms. The largest absolute Gasteiger partial charge is 0.374 e. The lowest BCUT2D eigenvalue weighted by atomic mass is 9.83. The van der Waals surface area contributed by atoms with Gasteiger partial charge in [0.05, 0.1) is 18.3 Å². The number of ether oxygens (including phenoxy) is 2. The van der Waals surface area contributed by atoms with E-state index in [1.54, 1.807) is 0 Å². The smallest absolute Gasteiger partial charge is 0.0990 e. The van der Waals surface area contributed by atoms with Crippen LogP contribution < -0.4 is 5.32 Å². The highest BCUT2D eigenvalue weighted by atomic mass is 16.6. The first-order valence-electron chi connectivity index (χ1n) is 8.25. The summed E-state index contributed by atoms with van der Waals surface area (Å²) in [5.41, 5.74) is 0. The highest BCUT2D eigenvalue weighted by Gasteiger charge is 2.43. The Labute approximate surface area is 118 Å². The van der Waals surface area contributed by atoms with Crippen LogP contribution >= 0.6 is 0 Å². The molecular formula is C16H31NO2. The fourth-order valence-electron chi connectivity index (χ4n) is 3.27. The van der Waals surface area contributed by atoms with E-state index in [1.807, 2.05) is 0 Å². The van der Waals surface area contributed by atoms with E-state index in [2.05, 4.69) is 26.1 Å². The molecule has 2 fully saturated rings. The van der Waals surface area contributed by atoms with Crippen LogP contribution in [0.3, 0.4) is 0 Å². The normalized spacial score (nSPS) is 39.0. The summed E-state index contributed by atoms with van der Waals surface area (Å²) in [5.74, 6) is 0.892. The fraction of sp³-hybridized carbons (Fsp3) is 1.00. The predicted molar refractivity (Wildman–Crippen MR) is 78.4 cm³/mol. The zero-order chi connectivity index (χ0) is 13.7. The molecule has 112 valence electrons. The molecule has 0 heterocycles. The SMILES string of the molecule is CCCNC1CC(OC2CCC(C)CC2)C1OCC. The number of rotatable bonds is 7. The highest BCUT2D eigenvalue weighted by molar-refractivity contribution is 4.98. The molecule has 0 aromatic carbocycles. The Morgan fingerprint density at radius 2 is 1.84 bits per heavy atom. The lowest BCUT2D eigenvalue weighted by Gasteiger charge is -2.46.